The van der Waals surface area contributed by atoms with E-state index in [2.05, 4.69) is 15.6 Å². The van der Waals surface area contributed by atoms with Crippen LogP contribution in [0.1, 0.15) is 50.0 Å². The number of nitrogens with one attached hydrogen (secondary N) is 2. The molecule has 0 aliphatic carbocycles. The number of carbonyl (C=O) groups excluding carboxylic acids is 2. The van der Waals surface area contributed by atoms with Crippen molar-refractivity contribution < 1.29 is 9.59 Å². The Balaban J connectivity index is 1.73. The van der Waals surface area contributed by atoms with Gasteiger partial charge in [0.2, 0.25) is 0 Å². The van der Waals surface area contributed by atoms with E-state index in [1.54, 1.807) is 6.07 Å². The Kier molecular flexibility index (Phi) is 6.39. The highest BCUT2D eigenvalue weighted by molar-refractivity contribution is 6.05. The zero-order valence-corrected chi connectivity index (χ0v) is 17.0. The van der Waals surface area contributed by atoms with E-state index in [9.17, 15) is 9.59 Å². The van der Waals surface area contributed by atoms with Crippen molar-refractivity contribution in [2.75, 3.05) is 5.32 Å². The summed E-state index contributed by atoms with van der Waals surface area (Å²) in [7, 11) is 0. The van der Waals surface area contributed by atoms with Gasteiger partial charge in [-0.15, -0.1) is 0 Å². The Morgan fingerprint density at radius 1 is 0.897 bits per heavy atom. The zero-order chi connectivity index (χ0) is 20.8. The standard InChI is InChI=1S/C24H25N3O2/c1-4-18-11-7-9-17(3)22(18)27-24(29)21-14-19(12-13-25-21)23(28)26-15-20-10-6-5-8-16(20)2/h5-14H,4,15H2,1-3H3,(H,26,28)(H,27,29). The number of aryl methyl sites for hydroxylation is 3. The minimum atomic E-state index is -0.331. The summed E-state index contributed by atoms with van der Waals surface area (Å²) >= 11 is 0. The van der Waals surface area contributed by atoms with Crippen molar-refractivity contribution in [2.45, 2.75) is 33.7 Å². The second-order valence-electron chi connectivity index (χ2n) is 6.96. The Labute approximate surface area is 171 Å². The molecule has 5 heteroatoms. The van der Waals surface area contributed by atoms with Crippen LogP contribution in [-0.2, 0) is 13.0 Å². The molecule has 0 saturated heterocycles. The first-order chi connectivity index (χ1) is 14.0. The lowest BCUT2D eigenvalue weighted by atomic mass is 10.1. The van der Waals surface area contributed by atoms with Crippen LogP contribution in [0.4, 0.5) is 5.69 Å². The number of benzene rings is 2. The molecule has 148 valence electrons. The van der Waals surface area contributed by atoms with Gasteiger partial charge in [-0.1, -0.05) is 49.4 Å². The molecular formula is C24H25N3O2. The van der Waals surface area contributed by atoms with E-state index in [-0.39, 0.29) is 17.5 Å². The van der Waals surface area contributed by atoms with Crippen molar-refractivity contribution in [3.63, 3.8) is 0 Å². The molecule has 0 unspecified atom stereocenters. The number of amides is 2. The summed E-state index contributed by atoms with van der Waals surface area (Å²) in [5, 5.41) is 5.85. The molecule has 5 nitrogen and oxygen atoms in total. The van der Waals surface area contributed by atoms with Gasteiger partial charge in [0.05, 0.1) is 0 Å². The van der Waals surface area contributed by atoms with Gasteiger partial charge in [-0.25, -0.2) is 0 Å². The van der Waals surface area contributed by atoms with E-state index in [0.717, 1.165) is 34.4 Å². The molecule has 2 amide bonds. The van der Waals surface area contributed by atoms with Crippen LogP contribution in [0.2, 0.25) is 0 Å². The molecule has 0 aliphatic rings. The summed E-state index contributed by atoms with van der Waals surface area (Å²) in [4.78, 5) is 29.4. The van der Waals surface area contributed by atoms with Gasteiger partial charge in [0, 0.05) is 24.0 Å². The molecule has 0 atom stereocenters. The molecule has 1 heterocycles. The molecule has 0 saturated carbocycles. The van der Waals surface area contributed by atoms with Crippen LogP contribution in [0.5, 0.6) is 0 Å². The molecule has 2 N–H and O–H groups in total. The maximum atomic E-state index is 12.7. The number of hydrogen-bond donors (Lipinski definition) is 2. The van der Waals surface area contributed by atoms with E-state index in [1.165, 1.54) is 12.3 Å². The average molecular weight is 387 g/mol. The molecule has 3 rings (SSSR count). The summed E-state index contributed by atoms with van der Waals surface area (Å²) in [6.07, 6.45) is 2.29. The number of hydrogen-bond acceptors (Lipinski definition) is 3. The first-order valence-electron chi connectivity index (χ1n) is 9.68. The maximum Gasteiger partial charge on any atom is 0.274 e. The fraction of sp³-hybridized carbons (Fsp3) is 0.208. The smallest absolute Gasteiger partial charge is 0.274 e. The van der Waals surface area contributed by atoms with Gasteiger partial charge >= 0.3 is 0 Å². The van der Waals surface area contributed by atoms with Gasteiger partial charge in [-0.3, -0.25) is 14.6 Å². The lowest BCUT2D eigenvalue weighted by Gasteiger charge is -2.13. The van der Waals surface area contributed by atoms with E-state index in [0.29, 0.717) is 12.1 Å². The van der Waals surface area contributed by atoms with Crippen LogP contribution in [0.3, 0.4) is 0 Å². The van der Waals surface area contributed by atoms with Crippen LogP contribution in [0.15, 0.2) is 60.8 Å². The van der Waals surface area contributed by atoms with Crippen LogP contribution in [0, 0.1) is 13.8 Å². The number of nitrogens with zero attached hydrogens (tertiary/aromatic N) is 1. The van der Waals surface area contributed by atoms with Gasteiger partial charge < -0.3 is 10.6 Å². The van der Waals surface area contributed by atoms with Crippen LogP contribution >= 0.6 is 0 Å². The molecule has 0 bridgehead atoms. The molecule has 3 aromatic rings. The third-order valence-electron chi connectivity index (χ3n) is 4.93. The van der Waals surface area contributed by atoms with Crippen LogP contribution in [0.25, 0.3) is 0 Å². The number of rotatable bonds is 6. The predicted octanol–water partition coefficient (Wildman–Crippen LogP) is 4.44. The third kappa shape index (κ3) is 4.88. The fourth-order valence-corrected chi connectivity index (χ4v) is 3.16. The Morgan fingerprint density at radius 3 is 2.38 bits per heavy atom. The van der Waals surface area contributed by atoms with Gasteiger partial charge in [-0.2, -0.15) is 0 Å². The Morgan fingerprint density at radius 2 is 1.62 bits per heavy atom. The third-order valence-corrected chi connectivity index (χ3v) is 4.93. The van der Waals surface area contributed by atoms with Gasteiger partial charge in [0.15, 0.2) is 0 Å². The van der Waals surface area contributed by atoms with E-state index in [1.807, 2.05) is 63.2 Å². The number of pyridine rings is 1. The van der Waals surface area contributed by atoms with Crippen molar-refractivity contribution in [1.29, 1.82) is 0 Å². The second-order valence-corrected chi connectivity index (χ2v) is 6.96. The van der Waals surface area contributed by atoms with Crippen molar-refractivity contribution in [3.8, 4) is 0 Å². The first-order valence-corrected chi connectivity index (χ1v) is 9.68. The van der Waals surface area contributed by atoms with Crippen LogP contribution < -0.4 is 10.6 Å². The SMILES string of the molecule is CCc1cccc(C)c1NC(=O)c1cc(C(=O)NCc2ccccc2C)ccn1. The second kappa shape index (κ2) is 9.15. The summed E-state index contributed by atoms with van der Waals surface area (Å²) in [5.41, 5.74) is 5.64. The monoisotopic (exact) mass is 387 g/mol. The highest BCUT2D eigenvalue weighted by Crippen LogP contribution is 2.21. The van der Waals surface area contributed by atoms with Gasteiger partial charge in [-0.05, 0) is 54.7 Å². The van der Waals surface area contributed by atoms with E-state index in [4.69, 9.17) is 0 Å². The minimum Gasteiger partial charge on any atom is -0.348 e. The molecule has 0 aliphatic heterocycles. The highest BCUT2D eigenvalue weighted by Gasteiger charge is 2.14. The molecule has 29 heavy (non-hydrogen) atoms. The van der Waals surface area contributed by atoms with Gasteiger partial charge in [0.25, 0.3) is 11.8 Å². The average Bonchev–Trinajstić information content (AvgIpc) is 2.74. The van der Waals surface area contributed by atoms with Crippen molar-refractivity contribution in [2.24, 2.45) is 0 Å². The molecular weight excluding hydrogens is 362 g/mol. The zero-order valence-electron chi connectivity index (χ0n) is 17.0. The van der Waals surface area contributed by atoms with Crippen LogP contribution in [-0.4, -0.2) is 16.8 Å². The lowest BCUT2D eigenvalue weighted by molar-refractivity contribution is 0.0950. The Bertz CT molecular complexity index is 1040. The summed E-state index contributed by atoms with van der Waals surface area (Å²) in [6.45, 7) is 6.44. The maximum absolute atomic E-state index is 12.7. The fourth-order valence-electron chi connectivity index (χ4n) is 3.16. The summed E-state index contributed by atoms with van der Waals surface area (Å²) < 4.78 is 0. The predicted molar refractivity (Wildman–Crippen MR) is 115 cm³/mol. The number of para-hydroxylation sites is 1. The number of anilines is 1. The topological polar surface area (TPSA) is 71.1 Å². The normalized spacial score (nSPS) is 10.4. The lowest BCUT2D eigenvalue weighted by Crippen LogP contribution is -2.24. The first kappa shape index (κ1) is 20.3. The highest BCUT2D eigenvalue weighted by atomic mass is 16.2. The van der Waals surface area contributed by atoms with Crippen molar-refractivity contribution >= 4 is 17.5 Å². The number of aromatic nitrogens is 1. The summed E-state index contributed by atoms with van der Waals surface area (Å²) in [6, 6.07) is 16.9. The number of carbonyl (C=O) groups is 2. The minimum absolute atomic E-state index is 0.207. The molecule has 0 fully saturated rings. The van der Waals surface area contributed by atoms with Gasteiger partial charge in [0.1, 0.15) is 5.69 Å². The summed E-state index contributed by atoms with van der Waals surface area (Å²) in [5.74, 6) is -0.572. The van der Waals surface area contributed by atoms with Crippen molar-refractivity contribution in [3.05, 3.63) is 94.3 Å². The largest absolute Gasteiger partial charge is 0.348 e. The molecule has 1 aromatic heterocycles. The van der Waals surface area contributed by atoms with Crippen molar-refractivity contribution in [1.82, 2.24) is 10.3 Å². The molecule has 2 aromatic carbocycles. The van der Waals surface area contributed by atoms with E-state index < -0.39 is 0 Å². The van der Waals surface area contributed by atoms with E-state index >= 15 is 0 Å². The Hall–Kier alpha value is -3.47. The molecule has 0 radical (unpaired) electrons. The molecule has 0 spiro atoms. The quantitative estimate of drug-likeness (QED) is 0.657.